The van der Waals surface area contributed by atoms with Crippen LogP contribution in [0.15, 0.2) is 64.0 Å². The lowest BCUT2D eigenvalue weighted by Gasteiger charge is -2.21. The first kappa shape index (κ1) is 33.9. The summed E-state index contributed by atoms with van der Waals surface area (Å²) >= 11 is 3.38. The first-order valence-electron chi connectivity index (χ1n) is 13.5. The number of benzene rings is 2. The monoisotopic (exact) mass is 676 g/mol. The van der Waals surface area contributed by atoms with Gasteiger partial charge in [-0.1, -0.05) is 36.4 Å². The average molecular weight is 678 g/mol. The maximum atomic E-state index is 13.0. The number of nitrogens with one attached hydrogen (secondary N) is 2. The van der Waals surface area contributed by atoms with Gasteiger partial charge in [0.15, 0.2) is 5.82 Å². The van der Waals surface area contributed by atoms with Crippen LogP contribution in [0.1, 0.15) is 32.1 Å². The van der Waals surface area contributed by atoms with Gasteiger partial charge in [-0.25, -0.2) is 9.59 Å². The third-order valence-electron chi connectivity index (χ3n) is 5.68. The third kappa shape index (κ3) is 11.2. The molecule has 0 bridgehead atoms. The molecule has 1 amide bonds. The Hall–Kier alpha value is -4.63. The summed E-state index contributed by atoms with van der Waals surface area (Å²) in [5.74, 6) is -0.848. The van der Waals surface area contributed by atoms with Gasteiger partial charge in [0.1, 0.15) is 43.2 Å². The van der Waals surface area contributed by atoms with Crippen molar-refractivity contribution in [3.05, 3.63) is 75.2 Å². The lowest BCUT2D eigenvalue weighted by Crippen LogP contribution is -2.30. The summed E-state index contributed by atoms with van der Waals surface area (Å²) in [6, 6.07) is 13.8. The highest BCUT2D eigenvalue weighted by molar-refractivity contribution is 9.10. The Morgan fingerprint density at radius 3 is 2.41 bits per heavy atom. The van der Waals surface area contributed by atoms with Crippen molar-refractivity contribution in [3.8, 4) is 11.5 Å². The first-order valence-corrected chi connectivity index (χ1v) is 14.3. The zero-order valence-corrected chi connectivity index (χ0v) is 25.7. The van der Waals surface area contributed by atoms with Crippen LogP contribution < -0.4 is 21.1 Å². The van der Waals surface area contributed by atoms with Gasteiger partial charge in [0.2, 0.25) is 0 Å². The number of nitrogens with zero attached hydrogens (tertiary/aromatic N) is 2. The molecule has 3 rings (SSSR count). The fraction of sp³-hybridized carbons (Fsp3) is 0.345. The molecule has 15 heteroatoms. The molecule has 236 valence electrons. The predicted molar refractivity (Wildman–Crippen MR) is 161 cm³/mol. The second-order valence-corrected chi connectivity index (χ2v) is 9.89. The van der Waals surface area contributed by atoms with Crippen LogP contribution in [0, 0.1) is 0 Å². The summed E-state index contributed by atoms with van der Waals surface area (Å²) in [5.41, 5.74) is 0.270. The molecule has 0 unspecified atom stereocenters. The number of amides is 1. The average Bonchev–Trinajstić information content (AvgIpc) is 2.99. The van der Waals surface area contributed by atoms with Gasteiger partial charge in [-0.05, 0) is 33.6 Å². The Bertz CT molecular complexity index is 1470. The molecule has 0 aliphatic carbocycles. The van der Waals surface area contributed by atoms with Crippen molar-refractivity contribution in [2.75, 3.05) is 38.3 Å². The van der Waals surface area contributed by atoms with Crippen LogP contribution in [-0.2, 0) is 35.1 Å². The van der Waals surface area contributed by atoms with Gasteiger partial charge in [-0.15, -0.1) is 0 Å². The molecule has 2 aromatic carbocycles. The number of phenolic OH excluding ortho intramolecular Hbond substituents is 1. The molecule has 44 heavy (non-hydrogen) atoms. The minimum Gasteiger partial charge on any atom is -0.506 e. The molecule has 0 saturated heterocycles. The predicted octanol–water partition coefficient (Wildman–Crippen LogP) is 3.79. The second kappa shape index (κ2) is 17.5. The van der Waals surface area contributed by atoms with Crippen LogP contribution in [0.4, 0.5) is 16.3 Å². The summed E-state index contributed by atoms with van der Waals surface area (Å²) < 4.78 is 28.0. The van der Waals surface area contributed by atoms with Crippen LogP contribution in [0.5, 0.6) is 11.5 Å². The van der Waals surface area contributed by atoms with E-state index in [4.69, 9.17) is 23.7 Å². The highest BCUT2D eigenvalue weighted by Gasteiger charge is 2.19. The highest BCUT2D eigenvalue weighted by Crippen LogP contribution is 2.37. The van der Waals surface area contributed by atoms with Crippen LogP contribution in [0.2, 0.25) is 0 Å². The number of alkyl carbamates (subject to hydrolysis) is 1. The minimum atomic E-state index is -0.897. The number of esters is 2. The molecule has 0 aliphatic rings. The number of halogens is 1. The van der Waals surface area contributed by atoms with Gasteiger partial charge in [-0.3, -0.25) is 14.2 Å². The Morgan fingerprint density at radius 2 is 1.68 bits per heavy atom. The fourth-order valence-corrected chi connectivity index (χ4v) is 4.10. The van der Waals surface area contributed by atoms with E-state index in [1.807, 2.05) is 30.3 Å². The number of carbonyl (C=O) groups excluding carboxylic acids is 3. The van der Waals surface area contributed by atoms with Gasteiger partial charge >= 0.3 is 23.7 Å². The lowest BCUT2D eigenvalue weighted by atomic mass is 10.2. The Balaban J connectivity index is 1.64. The van der Waals surface area contributed by atoms with Gasteiger partial charge in [0, 0.05) is 26.5 Å². The van der Waals surface area contributed by atoms with E-state index in [1.54, 1.807) is 12.1 Å². The fourth-order valence-electron chi connectivity index (χ4n) is 3.69. The molecule has 0 radical (unpaired) electrons. The number of hydrogen-bond acceptors (Lipinski definition) is 12. The molecule has 3 aromatic rings. The van der Waals surface area contributed by atoms with E-state index >= 15 is 0 Å². The second-order valence-electron chi connectivity index (χ2n) is 9.03. The summed E-state index contributed by atoms with van der Waals surface area (Å²) in [7, 11) is 0. The molecule has 0 spiro atoms. The topological polar surface area (TPSA) is 177 Å². The maximum absolute atomic E-state index is 13.0. The van der Waals surface area contributed by atoms with Crippen molar-refractivity contribution in [3.63, 3.8) is 0 Å². The van der Waals surface area contributed by atoms with E-state index in [0.29, 0.717) is 4.47 Å². The number of para-hydroxylation sites is 1. The summed E-state index contributed by atoms with van der Waals surface area (Å²) in [5, 5.41) is 16.0. The van der Waals surface area contributed by atoms with Gasteiger partial charge in [0.05, 0.1) is 24.2 Å². The van der Waals surface area contributed by atoms with Crippen molar-refractivity contribution >= 4 is 45.5 Å². The largest absolute Gasteiger partial charge is 0.506 e. The Kier molecular flexibility index (Phi) is 13.5. The number of phenols is 1. The van der Waals surface area contributed by atoms with Crippen molar-refractivity contribution in [2.24, 2.45) is 0 Å². The van der Waals surface area contributed by atoms with Crippen LogP contribution in [0.3, 0.4) is 0 Å². The molecular formula is C29H33BrN4O10. The molecular weight excluding hydrogens is 644 g/mol. The van der Waals surface area contributed by atoms with E-state index in [1.165, 1.54) is 30.7 Å². The van der Waals surface area contributed by atoms with E-state index in [0.717, 1.165) is 5.56 Å². The normalized spacial score (nSPS) is 11.2. The third-order valence-corrected chi connectivity index (χ3v) is 6.26. The minimum absolute atomic E-state index is 0.0213. The van der Waals surface area contributed by atoms with Crippen molar-refractivity contribution in [1.82, 2.24) is 14.9 Å². The Labute approximate surface area is 261 Å². The standard InChI is InChI=1S/C29H33BrN4O10/c1-19(35)40-13-11-25(43-16-15-41-20(2)36)34-17-22(30)27(33-28(34)38)32-26-23(37)9-6-10-24(26)42-14-12-31-29(39)44-18-21-7-4-3-5-8-21/h3-10,17,25,37H,11-16,18H2,1-2H3,(H,31,39)(H,32,33,38)/t25-/m1/s1. The Morgan fingerprint density at radius 1 is 0.955 bits per heavy atom. The van der Waals surface area contributed by atoms with E-state index in [-0.39, 0.29) is 69.0 Å². The van der Waals surface area contributed by atoms with E-state index < -0.39 is 29.9 Å². The first-order chi connectivity index (χ1) is 21.1. The number of rotatable bonds is 16. The molecule has 3 N–H and O–H groups in total. The lowest BCUT2D eigenvalue weighted by molar-refractivity contribution is -0.146. The molecule has 1 aromatic heterocycles. The smallest absolute Gasteiger partial charge is 0.407 e. The number of aromatic hydroxyl groups is 1. The van der Waals surface area contributed by atoms with Crippen LogP contribution in [-0.4, -0.2) is 65.7 Å². The van der Waals surface area contributed by atoms with Crippen molar-refractivity contribution < 1.29 is 43.2 Å². The SMILES string of the molecule is CC(=O)OCCO[C@H](CCOC(C)=O)n1cc(Br)c(Nc2c(O)cccc2OCCNC(=O)OCc2ccccc2)nc1=O. The summed E-state index contributed by atoms with van der Waals surface area (Å²) in [6.45, 7) is 2.72. The quantitative estimate of drug-likeness (QED) is 0.0867. The van der Waals surface area contributed by atoms with Crippen LogP contribution in [0.25, 0.3) is 0 Å². The zero-order valence-electron chi connectivity index (χ0n) is 24.1. The van der Waals surface area contributed by atoms with E-state index in [2.05, 4.69) is 31.5 Å². The van der Waals surface area contributed by atoms with Gasteiger partial charge in [-0.2, -0.15) is 4.98 Å². The number of hydrogen-bond donors (Lipinski definition) is 3. The van der Waals surface area contributed by atoms with Crippen molar-refractivity contribution in [1.29, 1.82) is 0 Å². The number of carbonyl (C=O) groups is 3. The zero-order chi connectivity index (χ0) is 31.9. The molecule has 14 nitrogen and oxygen atoms in total. The van der Waals surface area contributed by atoms with Gasteiger partial charge in [0.25, 0.3) is 0 Å². The number of aromatic nitrogens is 2. The summed E-state index contributed by atoms with van der Waals surface area (Å²) in [6.07, 6.45) is 0.0344. The number of anilines is 2. The molecule has 0 fully saturated rings. The molecule has 1 atom stereocenters. The molecule has 0 saturated carbocycles. The summed E-state index contributed by atoms with van der Waals surface area (Å²) in [4.78, 5) is 51.3. The van der Waals surface area contributed by atoms with Crippen LogP contribution >= 0.6 is 15.9 Å². The highest BCUT2D eigenvalue weighted by atomic mass is 79.9. The molecule has 0 aliphatic heterocycles. The van der Waals surface area contributed by atoms with E-state index in [9.17, 15) is 24.3 Å². The van der Waals surface area contributed by atoms with Gasteiger partial charge < -0.3 is 39.4 Å². The molecule has 1 heterocycles. The number of ether oxygens (including phenoxy) is 5. The maximum Gasteiger partial charge on any atom is 0.407 e. The van der Waals surface area contributed by atoms with Crippen molar-refractivity contribution in [2.45, 2.75) is 33.1 Å².